The number of H-pyrrole nitrogens is 1. The van der Waals surface area contributed by atoms with Crippen molar-refractivity contribution < 1.29 is 4.74 Å². The van der Waals surface area contributed by atoms with E-state index >= 15 is 0 Å². The standard InChI is InChI=1S/C25H20N5O2/c1-32-20-14-12-19(13-15-20)25(17-8-4-2-5-9-17,18-10-6-3-7-11-18)30-24-28-22-21(23(31)29-24)26-16-27-22/h2-16H,1H3,(H2,28,29,30,31). The number of benzene rings is 3. The van der Waals surface area contributed by atoms with Crippen LogP contribution >= 0.6 is 0 Å². The maximum Gasteiger partial charge on any atom is 0.280 e. The molecule has 0 atom stereocenters. The molecule has 0 bridgehead atoms. The van der Waals surface area contributed by atoms with Crippen LogP contribution in [0.15, 0.2) is 94.7 Å². The zero-order chi connectivity index (χ0) is 22.0. The molecule has 2 N–H and O–H groups in total. The number of methoxy groups -OCH3 is 1. The highest BCUT2D eigenvalue weighted by atomic mass is 16.5. The third-order valence-electron chi connectivity index (χ3n) is 5.49. The van der Waals surface area contributed by atoms with Crippen LogP contribution in [0, 0.1) is 0 Å². The van der Waals surface area contributed by atoms with E-state index in [4.69, 9.17) is 4.74 Å². The van der Waals surface area contributed by atoms with Crippen molar-refractivity contribution in [3.05, 3.63) is 112 Å². The molecule has 32 heavy (non-hydrogen) atoms. The number of rotatable bonds is 6. The van der Waals surface area contributed by atoms with Gasteiger partial charge >= 0.3 is 0 Å². The fourth-order valence-electron chi connectivity index (χ4n) is 3.97. The lowest BCUT2D eigenvalue weighted by Crippen LogP contribution is -2.39. The van der Waals surface area contributed by atoms with Crippen LogP contribution < -0.4 is 20.9 Å². The third kappa shape index (κ3) is 3.30. The number of aromatic nitrogens is 2. The first-order valence-corrected chi connectivity index (χ1v) is 10.1. The fourth-order valence-corrected chi connectivity index (χ4v) is 3.97. The van der Waals surface area contributed by atoms with Crippen LogP contribution in [0.4, 0.5) is 17.5 Å². The Bertz CT molecular complexity index is 1280. The maximum atomic E-state index is 12.6. The Balaban J connectivity index is 1.76. The van der Waals surface area contributed by atoms with E-state index in [9.17, 15) is 4.79 Å². The number of aromatic amines is 1. The molecule has 0 saturated carbocycles. The molecule has 1 aliphatic rings. The molecule has 7 nitrogen and oxygen atoms in total. The Hall–Kier alpha value is -4.39. The lowest BCUT2D eigenvalue weighted by Gasteiger charge is -2.37. The van der Waals surface area contributed by atoms with Gasteiger partial charge in [-0.2, -0.15) is 4.98 Å². The predicted molar refractivity (Wildman–Crippen MR) is 124 cm³/mol. The van der Waals surface area contributed by atoms with Crippen LogP contribution in [0.1, 0.15) is 16.7 Å². The largest absolute Gasteiger partial charge is 0.497 e. The minimum atomic E-state index is -0.849. The van der Waals surface area contributed by atoms with Crippen LogP contribution in [-0.4, -0.2) is 23.4 Å². The van der Waals surface area contributed by atoms with E-state index in [1.807, 2.05) is 84.9 Å². The first-order valence-electron chi connectivity index (χ1n) is 10.1. The summed E-state index contributed by atoms with van der Waals surface area (Å²) in [6.45, 7) is 0. The van der Waals surface area contributed by atoms with Crippen molar-refractivity contribution >= 4 is 23.8 Å². The Morgan fingerprint density at radius 2 is 1.44 bits per heavy atom. The van der Waals surface area contributed by atoms with Crippen molar-refractivity contribution in [3.63, 3.8) is 0 Å². The summed E-state index contributed by atoms with van der Waals surface area (Å²) in [4.78, 5) is 23.9. The number of nitrogens with one attached hydrogen (secondary N) is 2. The lowest BCUT2D eigenvalue weighted by molar-refractivity contribution is 0.414. The van der Waals surface area contributed by atoms with E-state index in [0.29, 0.717) is 11.8 Å². The Kier molecular flexibility index (Phi) is 4.91. The van der Waals surface area contributed by atoms with Gasteiger partial charge in [-0.15, -0.1) is 0 Å². The summed E-state index contributed by atoms with van der Waals surface area (Å²) in [6.07, 6.45) is 1.34. The second kappa shape index (κ2) is 8.03. The zero-order valence-corrected chi connectivity index (χ0v) is 17.3. The van der Waals surface area contributed by atoms with E-state index in [1.165, 1.54) is 6.34 Å². The summed E-state index contributed by atoms with van der Waals surface area (Å²) >= 11 is 0. The van der Waals surface area contributed by atoms with Crippen molar-refractivity contribution in [2.75, 3.05) is 12.4 Å². The molecule has 1 aliphatic heterocycles. The number of ether oxygens (including phenoxy) is 1. The minimum Gasteiger partial charge on any atom is -0.497 e. The fraction of sp³-hybridized carbons (Fsp3) is 0.0800. The van der Waals surface area contributed by atoms with Gasteiger partial charge in [0.15, 0.2) is 11.5 Å². The topological polar surface area (TPSA) is 93.5 Å². The summed E-state index contributed by atoms with van der Waals surface area (Å²) in [5.74, 6) is 1.34. The van der Waals surface area contributed by atoms with Gasteiger partial charge in [0.1, 0.15) is 17.6 Å². The monoisotopic (exact) mass is 422 g/mol. The average Bonchev–Trinajstić information content (AvgIpc) is 3.33. The SMILES string of the molecule is COc1ccc(C(Nc2nc3c(c(=O)[nH]2)N=C[N]3)(c2ccccc2)c2ccccc2)cc1. The highest BCUT2D eigenvalue weighted by Gasteiger charge is 2.37. The molecule has 0 aliphatic carbocycles. The number of hydrogen-bond donors (Lipinski definition) is 2. The normalized spacial score (nSPS) is 12.2. The van der Waals surface area contributed by atoms with E-state index in [-0.39, 0.29) is 11.2 Å². The third-order valence-corrected chi connectivity index (χ3v) is 5.49. The molecular weight excluding hydrogens is 402 g/mol. The van der Waals surface area contributed by atoms with Crippen molar-refractivity contribution in [3.8, 4) is 5.75 Å². The number of nitrogens with zero attached hydrogens (tertiary/aromatic N) is 3. The molecule has 5 rings (SSSR count). The molecule has 1 radical (unpaired) electrons. The number of anilines is 1. The average molecular weight is 422 g/mol. The van der Waals surface area contributed by atoms with Gasteiger partial charge in [-0.25, -0.2) is 10.3 Å². The molecule has 0 spiro atoms. The van der Waals surface area contributed by atoms with Gasteiger partial charge in [0.2, 0.25) is 5.95 Å². The van der Waals surface area contributed by atoms with Crippen molar-refractivity contribution in [1.29, 1.82) is 0 Å². The first-order chi connectivity index (χ1) is 15.7. The van der Waals surface area contributed by atoms with Crippen LogP contribution in [-0.2, 0) is 5.54 Å². The van der Waals surface area contributed by atoms with Crippen LogP contribution in [0.25, 0.3) is 0 Å². The molecular formula is C25H20N5O2. The molecule has 0 amide bonds. The summed E-state index contributed by atoms with van der Waals surface area (Å²) in [6, 6.07) is 27.9. The van der Waals surface area contributed by atoms with Gasteiger partial charge in [0.05, 0.1) is 7.11 Å². The van der Waals surface area contributed by atoms with Crippen LogP contribution in [0.2, 0.25) is 0 Å². The Morgan fingerprint density at radius 3 is 2.03 bits per heavy atom. The number of hydrogen-bond acceptors (Lipinski definition) is 5. The molecule has 4 aromatic rings. The molecule has 1 aromatic heterocycles. The quantitative estimate of drug-likeness (QED) is 0.458. The Labute approximate surface area is 184 Å². The van der Waals surface area contributed by atoms with Crippen molar-refractivity contribution in [2.24, 2.45) is 4.99 Å². The predicted octanol–water partition coefficient (Wildman–Crippen LogP) is 4.09. The molecule has 7 heteroatoms. The van der Waals surface area contributed by atoms with E-state index < -0.39 is 5.54 Å². The van der Waals surface area contributed by atoms with Gasteiger partial charge in [0, 0.05) is 0 Å². The molecule has 0 saturated heterocycles. The highest BCUT2D eigenvalue weighted by molar-refractivity contribution is 5.79. The van der Waals surface area contributed by atoms with E-state index in [0.717, 1.165) is 22.4 Å². The van der Waals surface area contributed by atoms with Gasteiger partial charge < -0.3 is 10.1 Å². The van der Waals surface area contributed by atoms with Crippen LogP contribution in [0.5, 0.6) is 5.75 Å². The zero-order valence-electron chi connectivity index (χ0n) is 17.3. The lowest BCUT2D eigenvalue weighted by atomic mass is 9.77. The smallest absolute Gasteiger partial charge is 0.280 e. The number of fused-ring (bicyclic) bond motifs is 1. The van der Waals surface area contributed by atoms with Gasteiger partial charge in [-0.1, -0.05) is 72.8 Å². The summed E-state index contributed by atoms with van der Waals surface area (Å²) in [5, 5.41) is 7.64. The second-order valence-electron chi connectivity index (χ2n) is 7.30. The summed E-state index contributed by atoms with van der Waals surface area (Å²) in [5.41, 5.74) is 1.93. The Morgan fingerprint density at radius 1 is 0.844 bits per heavy atom. The van der Waals surface area contributed by atoms with E-state index in [2.05, 4.69) is 25.6 Å². The van der Waals surface area contributed by atoms with Crippen molar-refractivity contribution in [1.82, 2.24) is 15.3 Å². The van der Waals surface area contributed by atoms with Gasteiger partial charge in [-0.05, 0) is 28.8 Å². The van der Waals surface area contributed by atoms with Crippen molar-refractivity contribution in [2.45, 2.75) is 5.54 Å². The molecule has 2 heterocycles. The maximum absolute atomic E-state index is 12.6. The summed E-state index contributed by atoms with van der Waals surface area (Å²) in [7, 11) is 1.64. The van der Waals surface area contributed by atoms with E-state index in [1.54, 1.807) is 7.11 Å². The van der Waals surface area contributed by atoms with Gasteiger partial charge in [-0.3, -0.25) is 9.78 Å². The summed E-state index contributed by atoms with van der Waals surface area (Å²) < 4.78 is 5.37. The van der Waals surface area contributed by atoms with Crippen LogP contribution in [0.3, 0.4) is 0 Å². The number of aliphatic imine (C=N–C) groups is 1. The molecule has 157 valence electrons. The highest BCUT2D eigenvalue weighted by Crippen LogP contribution is 2.40. The minimum absolute atomic E-state index is 0.213. The first kappa shape index (κ1) is 19.6. The molecule has 0 fully saturated rings. The molecule has 3 aromatic carbocycles. The van der Waals surface area contributed by atoms with Gasteiger partial charge in [0.25, 0.3) is 5.56 Å². The molecule has 0 unspecified atom stereocenters. The second-order valence-corrected chi connectivity index (χ2v) is 7.30.